The molecule has 0 saturated carbocycles. The molecule has 112 valence electrons. The van der Waals surface area contributed by atoms with E-state index < -0.39 is 12.1 Å². The summed E-state index contributed by atoms with van der Waals surface area (Å²) in [5.41, 5.74) is 1.42. The molecule has 21 heavy (non-hydrogen) atoms. The van der Waals surface area contributed by atoms with E-state index in [2.05, 4.69) is 4.98 Å². The van der Waals surface area contributed by atoms with Crippen LogP contribution in [-0.4, -0.2) is 34.2 Å². The van der Waals surface area contributed by atoms with Gasteiger partial charge in [-0.2, -0.15) is 11.8 Å². The number of nitrogens with zero attached hydrogens (tertiary/aromatic N) is 1. The van der Waals surface area contributed by atoms with Gasteiger partial charge in [0.05, 0.1) is 5.52 Å². The fourth-order valence-corrected chi connectivity index (χ4v) is 2.49. The van der Waals surface area contributed by atoms with Crippen molar-refractivity contribution in [2.45, 2.75) is 19.1 Å². The van der Waals surface area contributed by atoms with E-state index in [0.29, 0.717) is 22.9 Å². The number of benzene rings is 1. The number of thioether (sulfide) groups is 1. The molecule has 4 nitrogen and oxygen atoms in total. The summed E-state index contributed by atoms with van der Waals surface area (Å²) in [6, 6.07) is 9.40. The molecular weight excluding hydrogens is 310 g/mol. The largest absolute Gasteiger partial charge is 0.459 e. The second-order valence-electron chi connectivity index (χ2n) is 4.54. The average Bonchev–Trinajstić information content (AvgIpc) is 2.50. The van der Waals surface area contributed by atoms with Crippen LogP contribution in [0.25, 0.3) is 10.9 Å². The molecule has 2 rings (SSSR count). The number of esters is 1. The lowest BCUT2D eigenvalue weighted by Crippen LogP contribution is -2.23. The van der Waals surface area contributed by atoms with Gasteiger partial charge in [0, 0.05) is 10.9 Å². The summed E-state index contributed by atoms with van der Waals surface area (Å²) in [5.74, 6) is 0.0717. The summed E-state index contributed by atoms with van der Waals surface area (Å²) in [6.07, 6.45) is 1.20. The standard InChI is InChI=1S/C15H16ClNO3S/c1-21-7-6-13(18)15(19)20-9-11-8-10-4-2-3-5-12(10)17-14(11)16/h2-5,8,13,18H,6-7,9H2,1H3/t13-/m1/s1. The Labute approximate surface area is 132 Å². The topological polar surface area (TPSA) is 59.4 Å². The molecular formula is C15H16ClNO3S. The minimum absolute atomic E-state index is 0.00578. The number of hydrogen-bond donors (Lipinski definition) is 1. The highest BCUT2D eigenvalue weighted by Gasteiger charge is 2.17. The van der Waals surface area contributed by atoms with E-state index in [1.54, 1.807) is 11.8 Å². The zero-order valence-electron chi connectivity index (χ0n) is 11.6. The highest BCUT2D eigenvalue weighted by atomic mass is 35.5. The van der Waals surface area contributed by atoms with E-state index in [1.165, 1.54) is 0 Å². The molecule has 0 saturated heterocycles. The number of halogens is 1. The van der Waals surface area contributed by atoms with Crippen LogP contribution in [0, 0.1) is 0 Å². The zero-order chi connectivity index (χ0) is 15.2. The van der Waals surface area contributed by atoms with Crippen LogP contribution in [0.1, 0.15) is 12.0 Å². The minimum Gasteiger partial charge on any atom is -0.459 e. The third-order valence-corrected chi connectivity index (χ3v) is 3.96. The van der Waals surface area contributed by atoms with Crippen molar-refractivity contribution < 1.29 is 14.6 Å². The Morgan fingerprint density at radius 2 is 2.24 bits per heavy atom. The van der Waals surface area contributed by atoms with Gasteiger partial charge < -0.3 is 9.84 Å². The van der Waals surface area contributed by atoms with Crippen molar-refractivity contribution in [1.29, 1.82) is 0 Å². The Balaban J connectivity index is 2.03. The Morgan fingerprint density at radius 1 is 1.48 bits per heavy atom. The summed E-state index contributed by atoms with van der Waals surface area (Å²) >= 11 is 7.65. The number of rotatable bonds is 6. The molecule has 0 radical (unpaired) electrons. The monoisotopic (exact) mass is 325 g/mol. The second kappa shape index (κ2) is 7.64. The molecule has 0 fully saturated rings. The molecule has 0 bridgehead atoms. The van der Waals surface area contributed by atoms with E-state index in [0.717, 1.165) is 10.9 Å². The van der Waals surface area contributed by atoms with Gasteiger partial charge in [-0.05, 0) is 30.6 Å². The van der Waals surface area contributed by atoms with E-state index in [4.69, 9.17) is 16.3 Å². The first-order valence-corrected chi connectivity index (χ1v) is 8.27. The molecule has 1 heterocycles. The molecule has 0 spiro atoms. The quantitative estimate of drug-likeness (QED) is 0.653. The van der Waals surface area contributed by atoms with Crippen molar-refractivity contribution in [3.05, 3.63) is 41.0 Å². The van der Waals surface area contributed by atoms with Gasteiger partial charge in [0.15, 0.2) is 6.10 Å². The van der Waals surface area contributed by atoms with Gasteiger partial charge in [0.2, 0.25) is 0 Å². The van der Waals surface area contributed by atoms with Gasteiger partial charge in [-0.25, -0.2) is 9.78 Å². The maximum absolute atomic E-state index is 11.7. The van der Waals surface area contributed by atoms with Gasteiger partial charge >= 0.3 is 5.97 Å². The molecule has 2 aromatic rings. The lowest BCUT2D eigenvalue weighted by atomic mass is 10.2. The summed E-state index contributed by atoms with van der Waals surface area (Å²) in [4.78, 5) is 15.9. The molecule has 1 aromatic carbocycles. The first-order chi connectivity index (χ1) is 10.1. The van der Waals surface area contributed by atoms with Crippen LogP contribution >= 0.6 is 23.4 Å². The van der Waals surface area contributed by atoms with Gasteiger partial charge in [-0.15, -0.1) is 0 Å². The number of aliphatic hydroxyl groups is 1. The van der Waals surface area contributed by atoms with Gasteiger partial charge in [-0.1, -0.05) is 29.8 Å². The number of fused-ring (bicyclic) bond motifs is 1. The Hall–Kier alpha value is -1.30. The predicted molar refractivity (Wildman–Crippen MR) is 85.6 cm³/mol. The lowest BCUT2D eigenvalue weighted by Gasteiger charge is -2.11. The fourth-order valence-electron chi connectivity index (χ4n) is 1.83. The Kier molecular flexibility index (Phi) is 5.85. The third kappa shape index (κ3) is 4.33. The lowest BCUT2D eigenvalue weighted by molar-refractivity contribution is -0.154. The van der Waals surface area contributed by atoms with E-state index in [1.807, 2.05) is 36.6 Å². The van der Waals surface area contributed by atoms with Crippen LogP contribution in [-0.2, 0) is 16.1 Å². The smallest absolute Gasteiger partial charge is 0.335 e. The number of carbonyl (C=O) groups excluding carboxylic acids is 1. The highest BCUT2D eigenvalue weighted by molar-refractivity contribution is 7.98. The summed E-state index contributed by atoms with van der Waals surface area (Å²) in [5, 5.41) is 10.9. The van der Waals surface area contributed by atoms with Crippen LogP contribution in [0.5, 0.6) is 0 Å². The Morgan fingerprint density at radius 3 is 3.00 bits per heavy atom. The van der Waals surface area contributed by atoms with Crippen LogP contribution in [0.2, 0.25) is 5.15 Å². The van der Waals surface area contributed by atoms with Crippen molar-refractivity contribution in [3.8, 4) is 0 Å². The first kappa shape index (κ1) is 16.1. The molecule has 0 aliphatic heterocycles. The van der Waals surface area contributed by atoms with Crippen molar-refractivity contribution in [2.24, 2.45) is 0 Å². The molecule has 1 aromatic heterocycles. The molecule has 0 unspecified atom stereocenters. The number of aliphatic hydroxyl groups excluding tert-OH is 1. The van der Waals surface area contributed by atoms with Crippen molar-refractivity contribution in [3.63, 3.8) is 0 Å². The average molecular weight is 326 g/mol. The van der Waals surface area contributed by atoms with Crippen molar-refractivity contribution in [1.82, 2.24) is 4.98 Å². The number of carbonyl (C=O) groups is 1. The first-order valence-electron chi connectivity index (χ1n) is 6.49. The number of ether oxygens (including phenoxy) is 1. The number of para-hydroxylation sites is 1. The molecule has 0 aliphatic rings. The van der Waals surface area contributed by atoms with Crippen molar-refractivity contribution >= 4 is 40.2 Å². The number of aromatic nitrogens is 1. The van der Waals surface area contributed by atoms with Crippen molar-refractivity contribution in [2.75, 3.05) is 12.0 Å². The van der Waals surface area contributed by atoms with Gasteiger partial charge in [0.1, 0.15) is 11.8 Å². The van der Waals surface area contributed by atoms with E-state index >= 15 is 0 Å². The fraction of sp³-hybridized carbons (Fsp3) is 0.333. The summed E-state index contributed by atoms with van der Waals surface area (Å²) in [6.45, 7) is 0.00578. The van der Waals surface area contributed by atoms with E-state index in [9.17, 15) is 9.90 Å². The molecule has 6 heteroatoms. The van der Waals surface area contributed by atoms with Crippen LogP contribution in [0.15, 0.2) is 30.3 Å². The van der Waals surface area contributed by atoms with E-state index in [-0.39, 0.29) is 6.61 Å². The third-order valence-electron chi connectivity index (χ3n) is 2.99. The summed E-state index contributed by atoms with van der Waals surface area (Å²) < 4.78 is 5.09. The zero-order valence-corrected chi connectivity index (χ0v) is 13.2. The molecule has 1 atom stereocenters. The summed E-state index contributed by atoms with van der Waals surface area (Å²) in [7, 11) is 0. The SMILES string of the molecule is CSCC[C@@H](O)C(=O)OCc1cc2ccccc2nc1Cl. The van der Waals surface area contributed by atoms with Crippen LogP contribution in [0.4, 0.5) is 0 Å². The van der Waals surface area contributed by atoms with Crippen LogP contribution in [0.3, 0.4) is 0 Å². The maximum Gasteiger partial charge on any atom is 0.335 e. The van der Waals surface area contributed by atoms with Gasteiger partial charge in [-0.3, -0.25) is 0 Å². The minimum atomic E-state index is -1.09. The number of hydrogen-bond acceptors (Lipinski definition) is 5. The molecule has 0 amide bonds. The second-order valence-corrected chi connectivity index (χ2v) is 5.88. The molecule has 1 N–H and O–H groups in total. The predicted octanol–water partition coefficient (Wildman–Crippen LogP) is 3.05. The Bertz CT molecular complexity index is 635. The number of pyridine rings is 1. The van der Waals surface area contributed by atoms with Crippen LogP contribution < -0.4 is 0 Å². The molecule has 0 aliphatic carbocycles. The van der Waals surface area contributed by atoms with Gasteiger partial charge in [0.25, 0.3) is 0 Å². The highest BCUT2D eigenvalue weighted by Crippen LogP contribution is 2.21. The maximum atomic E-state index is 11.7. The normalized spacial score (nSPS) is 12.3.